The molecule has 2 aromatic heterocycles. The Bertz CT molecular complexity index is 1300. The molecule has 176 valence electrons. The van der Waals surface area contributed by atoms with E-state index in [0.29, 0.717) is 35.9 Å². The Kier molecular flexibility index (Phi) is 7.04. The van der Waals surface area contributed by atoms with Crippen LogP contribution in [-0.4, -0.2) is 33.4 Å². The number of methoxy groups -OCH3 is 1. The van der Waals surface area contributed by atoms with Crippen LogP contribution < -0.4 is 9.04 Å². The summed E-state index contributed by atoms with van der Waals surface area (Å²) in [6.45, 7) is 0.730. The third kappa shape index (κ3) is 5.00. The third-order valence-corrected chi connectivity index (χ3v) is 7.97. The van der Waals surface area contributed by atoms with Crippen molar-refractivity contribution in [3.8, 4) is 5.75 Å². The number of rotatable bonds is 9. The Morgan fingerprint density at radius 2 is 1.74 bits per heavy atom. The Morgan fingerprint density at radius 1 is 0.971 bits per heavy atom. The zero-order chi connectivity index (χ0) is 24.1. The van der Waals surface area contributed by atoms with Crippen LogP contribution in [0.2, 0.25) is 0 Å². The molecule has 4 aromatic rings. The average molecular weight is 497 g/mol. The van der Waals surface area contributed by atoms with Gasteiger partial charge in [0.2, 0.25) is 0 Å². The van der Waals surface area contributed by atoms with Gasteiger partial charge in [-0.25, -0.2) is 8.42 Å². The van der Waals surface area contributed by atoms with Crippen LogP contribution in [0.25, 0.3) is 0 Å². The third-order valence-electron chi connectivity index (χ3n) is 5.32. The van der Waals surface area contributed by atoms with Crippen LogP contribution in [0.5, 0.6) is 5.75 Å². The van der Waals surface area contributed by atoms with E-state index >= 15 is 0 Å². The van der Waals surface area contributed by atoms with Crippen LogP contribution in [0.1, 0.15) is 21.0 Å². The lowest BCUT2D eigenvalue weighted by atomic mass is 10.2. The molecule has 34 heavy (non-hydrogen) atoms. The summed E-state index contributed by atoms with van der Waals surface area (Å²) in [6, 6.07) is 20.4. The summed E-state index contributed by atoms with van der Waals surface area (Å²) in [5.74, 6) is 0.900. The summed E-state index contributed by atoms with van der Waals surface area (Å²) in [7, 11) is -0.893. The van der Waals surface area contributed by atoms with Gasteiger partial charge in [0, 0.05) is 17.5 Å². The standard InChI is InChI=1S/C25H24N2O5S2/c1-26(23-9-3-4-10-24(23)31-2)34(29,30)22-13-11-19(12-14-22)25(28)27(17-20-7-5-15-32-20)18-21-8-6-16-33-21/h3-16H,17-18H2,1-2H3. The molecular weight excluding hydrogens is 472 g/mol. The maximum Gasteiger partial charge on any atom is 0.264 e. The molecule has 1 amide bonds. The molecule has 0 atom stereocenters. The van der Waals surface area contributed by atoms with Gasteiger partial charge in [0.25, 0.3) is 15.9 Å². The van der Waals surface area contributed by atoms with Crippen molar-refractivity contribution in [1.82, 2.24) is 4.90 Å². The van der Waals surface area contributed by atoms with Crippen molar-refractivity contribution in [3.05, 3.63) is 101 Å². The second kappa shape index (κ2) is 10.1. The van der Waals surface area contributed by atoms with E-state index in [1.165, 1.54) is 42.7 Å². The molecule has 0 spiro atoms. The molecule has 0 aliphatic rings. The number of amides is 1. The highest BCUT2D eigenvalue weighted by molar-refractivity contribution is 7.92. The smallest absolute Gasteiger partial charge is 0.264 e. The first-order valence-electron chi connectivity index (χ1n) is 10.5. The summed E-state index contributed by atoms with van der Waals surface area (Å²) in [5.41, 5.74) is 0.813. The van der Waals surface area contributed by atoms with Gasteiger partial charge in [0.05, 0.1) is 37.0 Å². The van der Waals surface area contributed by atoms with Crippen LogP contribution >= 0.6 is 11.3 Å². The van der Waals surface area contributed by atoms with E-state index in [4.69, 9.17) is 9.15 Å². The van der Waals surface area contributed by atoms with Crippen molar-refractivity contribution in [1.29, 1.82) is 0 Å². The molecule has 0 saturated heterocycles. The summed E-state index contributed by atoms with van der Waals surface area (Å²) in [5, 5.41) is 1.96. The molecule has 2 aromatic carbocycles. The topological polar surface area (TPSA) is 80.1 Å². The number of furan rings is 1. The molecular formula is C25H24N2O5S2. The SMILES string of the molecule is COc1ccccc1N(C)S(=O)(=O)c1ccc(C(=O)N(Cc2ccco2)Cc2cccs2)cc1. The summed E-state index contributed by atoms with van der Waals surface area (Å²) < 4.78 is 38.3. The van der Waals surface area contributed by atoms with Crippen LogP contribution in [0.3, 0.4) is 0 Å². The van der Waals surface area contributed by atoms with Gasteiger partial charge < -0.3 is 14.1 Å². The molecule has 0 N–H and O–H groups in total. The Hall–Kier alpha value is -3.56. The van der Waals surface area contributed by atoms with Crippen molar-refractivity contribution in [2.75, 3.05) is 18.5 Å². The number of ether oxygens (including phenoxy) is 1. The number of hydrogen-bond donors (Lipinski definition) is 0. The molecule has 7 nitrogen and oxygen atoms in total. The Morgan fingerprint density at radius 3 is 2.38 bits per heavy atom. The van der Waals surface area contributed by atoms with Crippen molar-refractivity contribution in [2.45, 2.75) is 18.0 Å². The van der Waals surface area contributed by atoms with E-state index in [-0.39, 0.29) is 10.8 Å². The summed E-state index contributed by atoms with van der Waals surface area (Å²) in [6.07, 6.45) is 1.57. The molecule has 4 rings (SSSR count). The molecule has 0 aliphatic carbocycles. The minimum Gasteiger partial charge on any atom is -0.495 e. The lowest BCUT2D eigenvalue weighted by Crippen LogP contribution is -2.30. The molecule has 0 saturated carbocycles. The quantitative estimate of drug-likeness (QED) is 0.325. The second-order valence-corrected chi connectivity index (χ2v) is 10.5. The van der Waals surface area contributed by atoms with Gasteiger partial charge in [-0.3, -0.25) is 9.10 Å². The number of sulfonamides is 1. The van der Waals surface area contributed by atoms with Gasteiger partial charge in [0.1, 0.15) is 11.5 Å². The monoisotopic (exact) mass is 496 g/mol. The fraction of sp³-hybridized carbons (Fsp3) is 0.160. The maximum atomic E-state index is 13.3. The lowest BCUT2D eigenvalue weighted by molar-refractivity contribution is 0.0719. The molecule has 0 radical (unpaired) electrons. The first-order valence-corrected chi connectivity index (χ1v) is 12.8. The number of hydrogen-bond acceptors (Lipinski definition) is 6. The van der Waals surface area contributed by atoms with E-state index in [0.717, 1.165) is 4.88 Å². The molecule has 0 aliphatic heterocycles. The first-order chi connectivity index (χ1) is 16.4. The van der Waals surface area contributed by atoms with Gasteiger partial charge in [-0.15, -0.1) is 11.3 Å². The van der Waals surface area contributed by atoms with E-state index < -0.39 is 10.0 Å². The van der Waals surface area contributed by atoms with E-state index in [2.05, 4.69) is 0 Å². The van der Waals surface area contributed by atoms with Crippen LogP contribution in [-0.2, 0) is 23.1 Å². The molecule has 2 heterocycles. The van der Waals surface area contributed by atoms with Gasteiger partial charge >= 0.3 is 0 Å². The summed E-state index contributed by atoms with van der Waals surface area (Å²) in [4.78, 5) is 16.1. The number of carbonyl (C=O) groups is 1. The molecule has 0 unspecified atom stereocenters. The first kappa shape index (κ1) is 23.6. The van der Waals surface area contributed by atoms with Gasteiger partial charge in [-0.1, -0.05) is 18.2 Å². The number of carbonyl (C=O) groups excluding carboxylic acids is 1. The van der Waals surface area contributed by atoms with Gasteiger partial charge in [0.15, 0.2) is 0 Å². The molecule has 0 bridgehead atoms. The molecule has 9 heteroatoms. The van der Waals surface area contributed by atoms with Gasteiger partial charge in [-0.05, 0) is 60.0 Å². The van der Waals surface area contributed by atoms with Crippen LogP contribution in [0.15, 0.2) is 93.8 Å². The van der Waals surface area contributed by atoms with E-state index in [9.17, 15) is 13.2 Å². The zero-order valence-electron chi connectivity index (χ0n) is 18.7. The number of nitrogens with zero attached hydrogens (tertiary/aromatic N) is 2. The van der Waals surface area contributed by atoms with Crippen LogP contribution in [0.4, 0.5) is 5.69 Å². The predicted octanol–water partition coefficient (Wildman–Crippen LogP) is 5.02. The maximum absolute atomic E-state index is 13.3. The normalized spacial score (nSPS) is 11.2. The zero-order valence-corrected chi connectivity index (χ0v) is 20.4. The fourth-order valence-corrected chi connectivity index (χ4v) is 5.44. The van der Waals surface area contributed by atoms with Crippen molar-refractivity contribution < 1.29 is 22.4 Å². The largest absolute Gasteiger partial charge is 0.495 e. The second-order valence-electron chi connectivity index (χ2n) is 7.49. The Balaban J connectivity index is 1.57. The minimum absolute atomic E-state index is 0.0771. The fourth-order valence-electron chi connectivity index (χ4n) is 3.51. The van der Waals surface area contributed by atoms with E-state index in [1.807, 2.05) is 23.6 Å². The number of thiophene rings is 1. The lowest BCUT2D eigenvalue weighted by Gasteiger charge is -2.23. The van der Waals surface area contributed by atoms with Gasteiger partial charge in [-0.2, -0.15) is 0 Å². The number of benzene rings is 2. The number of anilines is 1. The van der Waals surface area contributed by atoms with Crippen LogP contribution in [0, 0.1) is 0 Å². The van der Waals surface area contributed by atoms with Crippen molar-refractivity contribution >= 4 is 33.0 Å². The Labute approximate surface area is 202 Å². The highest BCUT2D eigenvalue weighted by Crippen LogP contribution is 2.31. The van der Waals surface area contributed by atoms with Crippen molar-refractivity contribution in [2.24, 2.45) is 0 Å². The summed E-state index contributed by atoms with van der Waals surface area (Å²) >= 11 is 1.57. The molecule has 0 fully saturated rings. The average Bonchev–Trinajstić information content (AvgIpc) is 3.57. The van der Waals surface area contributed by atoms with Crippen molar-refractivity contribution in [3.63, 3.8) is 0 Å². The highest BCUT2D eigenvalue weighted by Gasteiger charge is 2.25. The predicted molar refractivity (Wildman–Crippen MR) is 132 cm³/mol. The number of para-hydroxylation sites is 2. The van der Waals surface area contributed by atoms with E-state index in [1.54, 1.807) is 52.8 Å². The highest BCUT2D eigenvalue weighted by atomic mass is 32.2. The minimum atomic E-state index is -3.85.